The van der Waals surface area contributed by atoms with E-state index in [4.69, 9.17) is 4.74 Å². The van der Waals surface area contributed by atoms with Crippen molar-refractivity contribution in [1.29, 1.82) is 0 Å². The molecule has 0 N–H and O–H groups in total. The van der Waals surface area contributed by atoms with Gasteiger partial charge in [0.25, 0.3) is 0 Å². The van der Waals surface area contributed by atoms with Gasteiger partial charge in [-0.05, 0) is 104 Å². The lowest BCUT2D eigenvalue weighted by molar-refractivity contribution is 0.488. The number of fused-ring (bicyclic) bond motifs is 6. The summed E-state index contributed by atoms with van der Waals surface area (Å²) in [5, 5.41) is 2.41. The van der Waals surface area contributed by atoms with Crippen LogP contribution in [0.1, 0.15) is 0 Å². The molecule has 2 nitrogen and oxygen atoms in total. The summed E-state index contributed by atoms with van der Waals surface area (Å²) in [6.45, 7) is 0. The van der Waals surface area contributed by atoms with Crippen LogP contribution in [-0.4, -0.2) is 0 Å². The lowest BCUT2D eigenvalue weighted by atomic mass is 9.90. The third-order valence-corrected chi connectivity index (χ3v) is 10.5. The Hall–Kier alpha value is -7.16. The average Bonchev–Trinajstić information content (AvgIpc) is 3.38. The van der Waals surface area contributed by atoms with Gasteiger partial charge >= 0.3 is 0 Å². The van der Waals surface area contributed by atoms with Gasteiger partial charge in [-0.2, -0.15) is 0 Å². The molecule has 0 unspecified atom stereocenters. The van der Waals surface area contributed by atoms with Crippen LogP contribution in [0.25, 0.3) is 66.4 Å². The Kier molecular flexibility index (Phi) is 7.85. The minimum Gasteiger partial charge on any atom is -0.456 e. The molecule has 0 radical (unpaired) electrons. The smallest absolute Gasteiger partial charge is 0.137 e. The summed E-state index contributed by atoms with van der Waals surface area (Å²) in [6.07, 6.45) is 0. The molecule has 0 fully saturated rings. The van der Waals surface area contributed by atoms with Crippen LogP contribution < -0.4 is 9.64 Å². The number of hydrogen-bond acceptors (Lipinski definition) is 2. The molecule has 10 rings (SSSR count). The van der Waals surface area contributed by atoms with Gasteiger partial charge in [-0.15, -0.1) is 0 Å². The first-order valence-electron chi connectivity index (χ1n) is 18.4. The highest BCUT2D eigenvalue weighted by molar-refractivity contribution is 5.95. The zero-order valence-corrected chi connectivity index (χ0v) is 29.6. The first kappa shape index (κ1) is 31.6. The number of ether oxygens (including phenoxy) is 1. The zero-order chi connectivity index (χ0) is 35.8. The summed E-state index contributed by atoms with van der Waals surface area (Å²) in [4.78, 5) is 2.33. The Bertz CT molecular complexity index is 2770. The lowest BCUT2D eigenvalue weighted by Crippen LogP contribution is -2.10. The molecule has 0 atom stereocenters. The molecule has 1 aliphatic heterocycles. The minimum atomic E-state index is 0.821. The van der Waals surface area contributed by atoms with Crippen molar-refractivity contribution < 1.29 is 4.74 Å². The fourth-order valence-corrected chi connectivity index (χ4v) is 7.72. The molecule has 9 aromatic carbocycles. The van der Waals surface area contributed by atoms with Crippen molar-refractivity contribution in [2.24, 2.45) is 0 Å². The Balaban J connectivity index is 1.10. The van der Waals surface area contributed by atoms with E-state index in [1.807, 2.05) is 6.07 Å². The van der Waals surface area contributed by atoms with Crippen LogP contribution >= 0.6 is 0 Å². The minimum absolute atomic E-state index is 0.821. The predicted octanol–water partition coefficient (Wildman–Crippen LogP) is 14.8. The summed E-state index contributed by atoms with van der Waals surface area (Å²) in [6, 6.07) is 75.8. The van der Waals surface area contributed by atoms with Crippen LogP contribution in [0, 0.1) is 0 Å². The normalized spacial score (nSPS) is 11.5. The molecular weight excluding hydrogens is 655 g/mol. The van der Waals surface area contributed by atoms with Crippen molar-refractivity contribution in [2.45, 2.75) is 0 Å². The van der Waals surface area contributed by atoms with E-state index in [1.54, 1.807) is 0 Å². The van der Waals surface area contributed by atoms with Crippen LogP contribution in [-0.2, 0) is 0 Å². The molecule has 0 aliphatic carbocycles. The van der Waals surface area contributed by atoms with E-state index in [0.717, 1.165) is 50.8 Å². The van der Waals surface area contributed by atoms with Gasteiger partial charge in [0.15, 0.2) is 0 Å². The van der Waals surface area contributed by atoms with E-state index in [2.05, 4.69) is 211 Å². The second kappa shape index (κ2) is 13.4. The summed E-state index contributed by atoms with van der Waals surface area (Å²) in [5.74, 6) is 1.67. The maximum absolute atomic E-state index is 6.88. The van der Waals surface area contributed by atoms with Gasteiger partial charge in [0.1, 0.15) is 11.5 Å². The van der Waals surface area contributed by atoms with E-state index in [1.165, 1.54) is 44.2 Å². The summed E-state index contributed by atoms with van der Waals surface area (Å²) in [7, 11) is 0. The van der Waals surface area contributed by atoms with Gasteiger partial charge in [0, 0.05) is 34.3 Å². The van der Waals surface area contributed by atoms with E-state index >= 15 is 0 Å². The molecule has 2 heteroatoms. The maximum Gasteiger partial charge on any atom is 0.137 e. The summed E-state index contributed by atoms with van der Waals surface area (Å²) < 4.78 is 6.88. The third-order valence-electron chi connectivity index (χ3n) is 10.5. The molecule has 1 heterocycles. The van der Waals surface area contributed by atoms with E-state index < -0.39 is 0 Å². The molecule has 1 aliphatic rings. The molecule has 0 aromatic heterocycles. The topological polar surface area (TPSA) is 12.5 Å². The van der Waals surface area contributed by atoms with Crippen molar-refractivity contribution in [3.8, 4) is 67.1 Å². The molecule has 0 amide bonds. The highest BCUT2D eigenvalue weighted by Gasteiger charge is 2.23. The number of anilines is 3. The number of para-hydroxylation sites is 1. The SMILES string of the molecule is c1ccc(-c2ccc(-c3ccc4c(c3)-c3ccc(N(c5ccc(-c6ccccc6)cc5)c5ccc6ccccc6c5)cc3Oc3ccccc3-4)cc2)cc1. The van der Waals surface area contributed by atoms with Gasteiger partial charge < -0.3 is 9.64 Å². The number of rotatable bonds is 6. The average molecular weight is 690 g/mol. The molecule has 0 spiro atoms. The van der Waals surface area contributed by atoms with E-state index in [0.29, 0.717) is 0 Å². The first-order valence-corrected chi connectivity index (χ1v) is 18.4. The van der Waals surface area contributed by atoms with Crippen LogP contribution in [0.5, 0.6) is 11.5 Å². The Labute approximate surface area is 315 Å². The van der Waals surface area contributed by atoms with Crippen molar-refractivity contribution >= 4 is 27.8 Å². The van der Waals surface area contributed by atoms with Crippen molar-refractivity contribution in [3.63, 3.8) is 0 Å². The fraction of sp³-hybridized carbons (Fsp3) is 0. The van der Waals surface area contributed by atoms with Gasteiger partial charge in [-0.3, -0.25) is 0 Å². The zero-order valence-electron chi connectivity index (χ0n) is 29.6. The second-order valence-electron chi connectivity index (χ2n) is 13.8. The fourth-order valence-electron chi connectivity index (χ4n) is 7.72. The quantitative estimate of drug-likeness (QED) is 0.172. The Morgan fingerprint density at radius 1 is 0.259 bits per heavy atom. The molecule has 54 heavy (non-hydrogen) atoms. The van der Waals surface area contributed by atoms with Gasteiger partial charge in [0.2, 0.25) is 0 Å². The standard InChI is InChI=1S/C52H35NO/c1-3-11-36(12-4-1)39-19-21-41(22-20-39)43-26-31-47-48-17-9-10-18-51(48)54-52-35-46(30-32-49(52)50(47)34-43)53(45-29-25-38-15-7-8-16-42(38)33-45)44-27-23-40(24-28-44)37-13-5-2-6-14-37/h1-35H. The van der Waals surface area contributed by atoms with Crippen LogP contribution in [0.4, 0.5) is 17.1 Å². The monoisotopic (exact) mass is 689 g/mol. The Morgan fingerprint density at radius 3 is 1.46 bits per heavy atom. The molecule has 0 bridgehead atoms. The molecule has 0 saturated heterocycles. The molecule has 254 valence electrons. The highest BCUT2D eigenvalue weighted by atomic mass is 16.5. The maximum atomic E-state index is 6.88. The molecular formula is C52H35NO. The van der Waals surface area contributed by atoms with E-state index in [9.17, 15) is 0 Å². The van der Waals surface area contributed by atoms with Gasteiger partial charge in [0.05, 0.1) is 0 Å². The lowest BCUT2D eigenvalue weighted by Gasteiger charge is -2.27. The molecule has 0 saturated carbocycles. The first-order chi connectivity index (χ1) is 26.7. The number of hydrogen-bond donors (Lipinski definition) is 0. The van der Waals surface area contributed by atoms with Crippen LogP contribution in [0.15, 0.2) is 212 Å². The highest BCUT2D eigenvalue weighted by Crippen LogP contribution is 2.50. The largest absolute Gasteiger partial charge is 0.456 e. The number of nitrogens with zero attached hydrogens (tertiary/aromatic N) is 1. The van der Waals surface area contributed by atoms with E-state index in [-0.39, 0.29) is 0 Å². The van der Waals surface area contributed by atoms with Crippen molar-refractivity contribution in [3.05, 3.63) is 212 Å². The van der Waals surface area contributed by atoms with Crippen LogP contribution in [0.2, 0.25) is 0 Å². The van der Waals surface area contributed by atoms with Gasteiger partial charge in [-0.1, -0.05) is 158 Å². The summed E-state index contributed by atoms with van der Waals surface area (Å²) in [5.41, 5.74) is 14.8. The van der Waals surface area contributed by atoms with Gasteiger partial charge in [-0.25, -0.2) is 0 Å². The Morgan fingerprint density at radius 2 is 0.741 bits per heavy atom. The predicted molar refractivity (Wildman–Crippen MR) is 226 cm³/mol. The second-order valence-corrected chi connectivity index (χ2v) is 13.8. The van der Waals surface area contributed by atoms with Crippen molar-refractivity contribution in [2.75, 3.05) is 4.90 Å². The third kappa shape index (κ3) is 5.81. The van der Waals surface area contributed by atoms with Crippen molar-refractivity contribution in [1.82, 2.24) is 0 Å². The van der Waals surface area contributed by atoms with Crippen LogP contribution in [0.3, 0.4) is 0 Å². The number of benzene rings is 9. The molecule has 9 aromatic rings. The summed E-state index contributed by atoms with van der Waals surface area (Å²) >= 11 is 0.